The summed E-state index contributed by atoms with van der Waals surface area (Å²) in [5.74, 6) is 6.82. The van der Waals surface area contributed by atoms with Gasteiger partial charge in [-0.2, -0.15) is 0 Å². The van der Waals surface area contributed by atoms with E-state index in [1.807, 2.05) is 0 Å². The molecule has 0 heterocycles. The lowest BCUT2D eigenvalue weighted by atomic mass is 9.44. The number of fused-ring (bicyclic) bond motifs is 5. The molecule has 4 saturated carbocycles. The Balaban J connectivity index is 1.47. The minimum Gasteiger partial charge on any atom is -0.300 e. The van der Waals surface area contributed by atoms with Crippen LogP contribution in [0, 0.1) is 52.3 Å². The summed E-state index contributed by atoms with van der Waals surface area (Å²) >= 11 is 0. The second-order valence-corrected chi connectivity index (χ2v) is 12.4. The van der Waals surface area contributed by atoms with Crippen molar-refractivity contribution >= 4 is 5.78 Å². The molecule has 0 unspecified atom stereocenters. The molecule has 1 nitrogen and oxygen atoms in total. The highest BCUT2D eigenvalue weighted by molar-refractivity contribution is 5.79. The number of Topliss-reactive ketones (excluding diaryl/α,β-unsaturated/α-hetero) is 1. The van der Waals surface area contributed by atoms with Crippen LogP contribution in [0.15, 0.2) is 0 Å². The molecular weight excluding hydrogens is 340 g/mol. The SMILES string of the molecule is CC(C)CCC[C@H](C)[C@H]1CC[C@@H]2[C@@H]3CC[C@H]4CC(=O)CC[C@]4(C)[C@H]3CC[C@@]21C. The van der Waals surface area contributed by atoms with Crippen molar-refractivity contribution in [2.24, 2.45) is 52.3 Å². The molecule has 0 saturated heterocycles. The van der Waals surface area contributed by atoms with Crippen LogP contribution in [-0.4, -0.2) is 5.78 Å². The minimum absolute atomic E-state index is 0.471. The smallest absolute Gasteiger partial charge is 0.133 e. The molecule has 4 aliphatic carbocycles. The Labute approximate surface area is 174 Å². The lowest BCUT2D eigenvalue weighted by Gasteiger charge is -2.60. The highest BCUT2D eigenvalue weighted by atomic mass is 16.1. The molecule has 0 amide bonds. The van der Waals surface area contributed by atoms with Gasteiger partial charge in [-0.1, -0.05) is 53.9 Å². The normalized spacial score (nSPS) is 46.8. The van der Waals surface area contributed by atoms with Crippen LogP contribution in [0.1, 0.15) is 112 Å². The highest BCUT2D eigenvalue weighted by Gasteiger charge is 2.60. The maximum atomic E-state index is 12.1. The Bertz CT molecular complexity index is 579. The Kier molecular flexibility index (Phi) is 5.78. The maximum absolute atomic E-state index is 12.1. The lowest BCUT2D eigenvalue weighted by Crippen LogP contribution is -2.53. The molecule has 0 bridgehead atoms. The van der Waals surface area contributed by atoms with Gasteiger partial charge < -0.3 is 0 Å². The third-order valence-corrected chi connectivity index (χ3v) is 10.7. The quantitative estimate of drug-likeness (QED) is 0.473. The first kappa shape index (κ1) is 20.9. The summed E-state index contributed by atoms with van der Waals surface area (Å²) in [6.45, 7) is 12.6. The Morgan fingerprint density at radius 2 is 1.64 bits per heavy atom. The summed E-state index contributed by atoms with van der Waals surface area (Å²) in [6, 6.07) is 0. The predicted octanol–water partition coefficient (Wildman–Crippen LogP) is 7.68. The molecular formula is C27H46O. The van der Waals surface area contributed by atoms with E-state index in [2.05, 4.69) is 34.6 Å². The third-order valence-electron chi connectivity index (χ3n) is 10.7. The molecule has 0 radical (unpaired) electrons. The zero-order chi connectivity index (χ0) is 20.1. The molecule has 8 atom stereocenters. The van der Waals surface area contributed by atoms with Gasteiger partial charge in [0.1, 0.15) is 5.78 Å². The molecule has 160 valence electrons. The summed E-state index contributed by atoms with van der Waals surface area (Å²) in [5, 5.41) is 0. The van der Waals surface area contributed by atoms with E-state index in [0.29, 0.717) is 22.5 Å². The number of hydrogen-bond acceptors (Lipinski definition) is 1. The monoisotopic (exact) mass is 386 g/mol. The highest BCUT2D eigenvalue weighted by Crippen LogP contribution is 2.68. The summed E-state index contributed by atoms with van der Waals surface area (Å²) in [7, 11) is 0. The largest absolute Gasteiger partial charge is 0.300 e. The van der Waals surface area contributed by atoms with E-state index < -0.39 is 0 Å². The van der Waals surface area contributed by atoms with Crippen molar-refractivity contribution in [3.63, 3.8) is 0 Å². The second kappa shape index (κ2) is 7.73. The van der Waals surface area contributed by atoms with Crippen molar-refractivity contribution in [2.45, 2.75) is 112 Å². The average Bonchev–Trinajstić information content (AvgIpc) is 2.99. The van der Waals surface area contributed by atoms with E-state index >= 15 is 0 Å². The lowest BCUT2D eigenvalue weighted by molar-refractivity contribution is -0.140. The van der Waals surface area contributed by atoms with Gasteiger partial charge in [0.2, 0.25) is 0 Å². The molecule has 4 aliphatic rings. The van der Waals surface area contributed by atoms with Gasteiger partial charge in [-0.3, -0.25) is 4.79 Å². The van der Waals surface area contributed by atoms with E-state index in [0.717, 1.165) is 48.3 Å². The van der Waals surface area contributed by atoms with E-state index in [-0.39, 0.29) is 0 Å². The number of carbonyl (C=O) groups is 1. The average molecular weight is 387 g/mol. The second-order valence-electron chi connectivity index (χ2n) is 12.4. The molecule has 4 rings (SSSR count). The van der Waals surface area contributed by atoms with Crippen molar-refractivity contribution in [1.29, 1.82) is 0 Å². The molecule has 0 aromatic carbocycles. The van der Waals surface area contributed by atoms with Gasteiger partial charge in [-0.05, 0) is 97.2 Å². The van der Waals surface area contributed by atoms with Crippen LogP contribution >= 0.6 is 0 Å². The van der Waals surface area contributed by atoms with Crippen LogP contribution in [0.4, 0.5) is 0 Å². The number of ketones is 1. The zero-order valence-corrected chi connectivity index (χ0v) is 19.4. The molecule has 28 heavy (non-hydrogen) atoms. The summed E-state index contributed by atoms with van der Waals surface area (Å²) < 4.78 is 0. The van der Waals surface area contributed by atoms with E-state index in [1.54, 1.807) is 0 Å². The van der Waals surface area contributed by atoms with Gasteiger partial charge in [-0.25, -0.2) is 0 Å². The predicted molar refractivity (Wildman–Crippen MR) is 118 cm³/mol. The van der Waals surface area contributed by atoms with E-state index in [4.69, 9.17) is 0 Å². The molecule has 1 heteroatoms. The maximum Gasteiger partial charge on any atom is 0.133 e. The van der Waals surface area contributed by atoms with E-state index in [9.17, 15) is 4.79 Å². The van der Waals surface area contributed by atoms with E-state index in [1.165, 1.54) is 64.2 Å². The van der Waals surface area contributed by atoms with Crippen molar-refractivity contribution < 1.29 is 4.79 Å². The Morgan fingerprint density at radius 1 is 0.893 bits per heavy atom. The van der Waals surface area contributed by atoms with Gasteiger partial charge in [0.15, 0.2) is 0 Å². The van der Waals surface area contributed by atoms with Crippen molar-refractivity contribution in [3.8, 4) is 0 Å². The first-order chi connectivity index (χ1) is 13.3. The summed E-state index contributed by atoms with van der Waals surface area (Å²) in [6.07, 6.45) is 15.9. The van der Waals surface area contributed by atoms with Crippen molar-refractivity contribution in [1.82, 2.24) is 0 Å². The van der Waals surface area contributed by atoms with Gasteiger partial charge >= 0.3 is 0 Å². The van der Waals surface area contributed by atoms with Crippen LogP contribution in [0.5, 0.6) is 0 Å². The third kappa shape index (κ3) is 3.41. The van der Waals surface area contributed by atoms with Crippen LogP contribution in [0.3, 0.4) is 0 Å². The standard InChI is InChI=1S/C27H46O/c1-18(2)7-6-8-19(3)23-11-12-24-22-10-9-20-17-21(28)13-15-26(20,4)25(22)14-16-27(23,24)5/h18-20,22-25H,6-17H2,1-5H3/t19-,20-,22-,23+,24+,25-,26-,27+/m0/s1. The molecule has 0 aliphatic heterocycles. The fourth-order valence-electron chi connectivity index (χ4n) is 9.07. The number of carbonyl (C=O) groups excluding carboxylic acids is 1. The van der Waals surface area contributed by atoms with Crippen LogP contribution in [-0.2, 0) is 4.79 Å². The molecule has 0 spiro atoms. The molecule has 0 aromatic rings. The van der Waals surface area contributed by atoms with Crippen molar-refractivity contribution in [3.05, 3.63) is 0 Å². The number of hydrogen-bond donors (Lipinski definition) is 0. The topological polar surface area (TPSA) is 17.1 Å². The fraction of sp³-hybridized carbons (Fsp3) is 0.963. The van der Waals surface area contributed by atoms with Gasteiger partial charge in [0.05, 0.1) is 0 Å². The zero-order valence-electron chi connectivity index (χ0n) is 19.4. The van der Waals surface area contributed by atoms with Crippen LogP contribution in [0.25, 0.3) is 0 Å². The first-order valence-electron chi connectivity index (χ1n) is 12.8. The first-order valence-corrected chi connectivity index (χ1v) is 12.8. The van der Waals surface area contributed by atoms with Gasteiger partial charge in [0.25, 0.3) is 0 Å². The van der Waals surface area contributed by atoms with Crippen molar-refractivity contribution in [2.75, 3.05) is 0 Å². The Morgan fingerprint density at radius 3 is 2.39 bits per heavy atom. The van der Waals surface area contributed by atoms with Gasteiger partial charge in [0, 0.05) is 12.8 Å². The molecule has 4 fully saturated rings. The van der Waals surface area contributed by atoms with Crippen LogP contribution < -0.4 is 0 Å². The summed E-state index contributed by atoms with van der Waals surface area (Å²) in [5.41, 5.74) is 1.07. The molecule has 0 N–H and O–H groups in total. The minimum atomic E-state index is 0.471. The number of rotatable bonds is 5. The summed E-state index contributed by atoms with van der Waals surface area (Å²) in [4.78, 5) is 12.1. The fourth-order valence-corrected chi connectivity index (χ4v) is 9.07. The van der Waals surface area contributed by atoms with Gasteiger partial charge in [-0.15, -0.1) is 0 Å². The Hall–Kier alpha value is -0.330. The molecule has 0 aromatic heterocycles. The van der Waals surface area contributed by atoms with Crippen LogP contribution in [0.2, 0.25) is 0 Å².